The average molecular weight is 307 g/mol. The van der Waals surface area contributed by atoms with Crippen LogP contribution in [0.3, 0.4) is 0 Å². The van der Waals surface area contributed by atoms with Crippen LogP contribution in [0.25, 0.3) is 21.7 Å². The Balaban J connectivity index is 2.10. The molecule has 0 spiro atoms. The van der Waals surface area contributed by atoms with Crippen molar-refractivity contribution in [3.63, 3.8) is 0 Å². The smallest absolute Gasteiger partial charge is 0.264 e. The minimum atomic E-state index is -4.43. The molecule has 3 heterocycles. The van der Waals surface area contributed by atoms with E-state index in [1.807, 2.05) is 6.07 Å². The molecule has 3 aromatic heterocycles. The minimum Gasteiger partial charge on any atom is -0.264 e. The fourth-order valence-corrected chi connectivity index (χ4v) is 2.73. The van der Waals surface area contributed by atoms with Crippen LogP contribution in [-0.2, 0) is 6.18 Å². The minimum absolute atomic E-state index is 0.309. The number of hydrogen-bond acceptors (Lipinski definition) is 4. The molecule has 106 valence electrons. The van der Waals surface area contributed by atoms with E-state index in [2.05, 4.69) is 15.0 Å². The number of alkyl halides is 3. The first-order chi connectivity index (χ1) is 10.1. The van der Waals surface area contributed by atoms with Crippen molar-refractivity contribution in [2.75, 3.05) is 0 Å². The highest BCUT2D eigenvalue weighted by atomic mass is 32.1. The number of aromatic nitrogens is 3. The molecule has 0 aliphatic carbocycles. The number of nitrogens with zero attached hydrogens (tertiary/aromatic N) is 3. The van der Waals surface area contributed by atoms with Gasteiger partial charge < -0.3 is 0 Å². The molecule has 0 aromatic carbocycles. The van der Waals surface area contributed by atoms with E-state index in [1.54, 1.807) is 30.7 Å². The molecule has 0 unspecified atom stereocenters. The maximum absolute atomic E-state index is 12.7. The summed E-state index contributed by atoms with van der Waals surface area (Å²) in [6.07, 6.45) is 1.96. The first-order valence-corrected chi connectivity index (χ1v) is 6.81. The van der Waals surface area contributed by atoms with E-state index >= 15 is 0 Å². The Hall–Kier alpha value is -2.28. The summed E-state index contributed by atoms with van der Waals surface area (Å²) in [5.41, 5.74) is 1.22. The van der Waals surface area contributed by atoms with E-state index in [0.717, 1.165) is 22.3 Å². The Morgan fingerprint density at radius 1 is 0.952 bits per heavy atom. The van der Waals surface area contributed by atoms with Crippen LogP contribution in [0.15, 0.2) is 48.4 Å². The quantitative estimate of drug-likeness (QED) is 0.709. The van der Waals surface area contributed by atoms with Crippen LogP contribution in [0.4, 0.5) is 13.2 Å². The molecule has 0 aliphatic heterocycles. The Bertz CT molecular complexity index is 753. The van der Waals surface area contributed by atoms with Crippen LogP contribution < -0.4 is 0 Å². The zero-order chi connectivity index (χ0) is 14.9. The predicted molar refractivity (Wildman–Crippen MR) is 73.6 cm³/mol. The van der Waals surface area contributed by atoms with Gasteiger partial charge in [-0.05, 0) is 12.1 Å². The molecule has 0 saturated heterocycles. The third-order valence-electron chi connectivity index (χ3n) is 2.82. The van der Waals surface area contributed by atoms with Crippen molar-refractivity contribution in [1.82, 2.24) is 15.0 Å². The van der Waals surface area contributed by atoms with Crippen LogP contribution in [0.2, 0.25) is 0 Å². The topological polar surface area (TPSA) is 38.7 Å². The molecule has 0 bridgehead atoms. The highest BCUT2D eigenvalue weighted by Gasteiger charge is 2.34. The number of thiazole rings is 1. The second kappa shape index (κ2) is 5.25. The van der Waals surface area contributed by atoms with Gasteiger partial charge in [0, 0.05) is 46.9 Å². The average Bonchev–Trinajstić information content (AvgIpc) is 2.98. The second-order valence-corrected chi connectivity index (χ2v) is 5.06. The van der Waals surface area contributed by atoms with Crippen LogP contribution in [0.5, 0.6) is 0 Å². The van der Waals surface area contributed by atoms with Crippen molar-refractivity contribution in [2.45, 2.75) is 6.18 Å². The highest BCUT2D eigenvalue weighted by Crippen LogP contribution is 2.36. The summed E-state index contributed by atoms with van der Waals surface area (Å²) in [6.45, 7) is 0. The lowest BCUT2D eigenvalue weighted by Crippen LogP contribution is -2.04. The number of rotatable bonds is 2. The first kappa shape index (κ1) is 13.7. The van der Waals surface area contributed by atoms with Gasteiger partial charge in [0.05, 0.1) is 0 Å². The van der Waals surface area contributed by atoms with Crippen molar-refractivity contribution < 1.29 is 13.2 Å². The molecule has 3 aromatic rings. The molecule has 3 nitrogen and oxygen atoms in total. The van der Waals surface area contributed by atoms with E-state index < -0.39 is 11.9 Å². The van der Waals surface area contributed by atoms with Crippen LogP contribution in [0, 0.1) is 0 Å². The lowest BCUT2D eigenvalue weighted by atomic mass is 10.0. The molecule has 3 rings (SSSR count). The SMILES string of the molecule is FC(F)(F)c1csc(-c2ccncc2-c2cccnc2)n1. The number of pyridine rings is 2. The van der Waals surface area contributed by atoms with Crippen LogP contribution >= 0.6 is 11.3 Å². The van der Waals surface area contributed by atoms with Crippen molar-refractivity contribution in [1.29, 1.82) is 0 Å². The summed E-state index contributed by atoms with van der Waals surface area (Å²) in [5.74, 6) is 0. The largest absolute Gasteiger partial charge is 0.434 e. The fourth-order valence-electron chi connectivity index (χ4n) is 1.86. The standard InChI is InChI=1S/C14H8F3N3S/c15-14(16,17)12-8-21-13(20-12)10-3-5-19-7-11(10)9-2-1-4-18-6-9/h1-8H. The Kier molecular flexibility index (Phi) is 3.42. The molecule has 0 radical (unpaired) electrons. The van der Waals surface area contributed by atoms with Crippen LogP contribution in [-0.4, -0.2) is 15.0 Å². The Labute approximate surface area is 122 Å². The monoisotopic (exact) mass is 307 g/mol. The summed E-state index contributed by atoms with van der Waals surface area (Å²) >= 11 is 0.959. The molecule has 0 amide bonds. The van der Waals surface area contributed by atoms with Gasteiger partial charge in [-0.25, -0.2) is 4.98 Å². The summed E-state index contributed by atoms with van der Waals surface area (Å²) in [6, 6.07) is 5.24. The van der Waals surface area contributed by atoms with Crippen molar-refractivity contribution in [3.05, 3.63) is 54.1 Å². The van der Waals surface area contributed by atoms with Gasteiger partial charge >= 0.3 is 6.18 Å². The van der Waals surface area contributed by atoms with Gasteiger partial charge in [-0.15, -0.1) is 11.3 Å². The van der Waals surface area contributed by atoms with Gasteiger partial charge in [-0.1, -0.05) is 6.07 Å². The molecule has 0 aliphatic rings. The van der Waals surface area contributed by atoms with E-state index in [-0.39, 0.29) is 0 Å². The summed E-state index contributed by atoms with van der Waals surface area (Å²) in [4.78, 5) is 11.7. The molecule has 0 saturated carbocycles. The van der Waals surface area contributed by atoms with Crippen molar-refractivity contribution >= 4 is 11.3 Å². The van der Waals surface area contributed by atoms with E-state index in [0.29, 0.717) is 16.1 Å². The van der Waals surface area contributed by atoms with Crippen molar-refractivity contribution in [3.8, 4) is 21.7 Å². The molecule has 0 N–H and O–H groups in total. The van der Waals surface area contributed by atoms with E-state index in [9.17, 15) is 13.2 Å². The Morgan fingerprint density at radius 2 is 1.76 bits per heavy atom. The van der Waals surface area contributed by atoms with Gasteiger partial charge in [0.1, 0.15) is 5.01 Å². The van der Waals surface area contributed by atoms with Gasteiger partial charge in [0.15, 0.2) is 5.69 Å². The fraction of sp³-hybridized carbons (Fsp3) is 0.0714. The van der Waals surface area contributed by atoms with Crippen LogP contribution in [0.1, 0.15) is 5.69 Å². The normalized spacial score (nSPS) is 11.6. The highest BCUT2D eigenvalue weighted by molar-refractivity contribution is 7.13. The lowest BCUT2D eigenvalue weighted by Gasteiger charge is -2.06. The van der Waals surface area contributed by atoms with Crippen molar-refractivity contribution in [2.24, 2.45) is 0 Å². The maximum atomic E-state index is 12.7. The molecule has 7 heteroatoms. The predicted octanol–water partition coefficient (Wildman–Crippen LogP) is 4.29. The maximum Gasteiger partial charge on any atom is 0.434 e. The molecular formula is C14H8F3N3S. The molecule has 0 fully saturated rings. The third kappa shape index (κ3) is 2.78. The number of hydrogen-bond donors (Lipinski definition) is 0. The van der Waals surface area contributed by atoms with Gasteiger partial charge in [-0.2, -0.15) is 13.2 Å². The second-order valence-electron chi connectivity index (χ2n) is 4.20. The van der Waals surface area contributed by atoms with Gasteiger partial charge in [0.2, 0.25) is 0 Å². The first-order valence-electron chi connectivity index (χ1n) is 5.93. The molecule has 0 atom stereocenters. The summed E-state index contributed by atoms with van der Waals surface area (Å²) in [7, 11) is 0. The molecular weight excluding hydrogens is 299 g/mol. The third-order valence-corrected chi connectivity index (χ3v) is 3.69. The van der Waals surface area contributed by atoms with Gasteiger partial charge in [-0.3, -0.25) is 9.97 Å². The lowest BCUT2D eigenvalue weighted by molar-refractivity contribution is -0.140. The van der Waals surface area contributed by atoms with E-state index in [1.165, 1.54) is 6.20 Å². The number of halogens is 3. The Morgan fingerprint density at radius 3 is 2.43 bits per heavy atom. The van der Waals surface area contributed by atoms with E-state index in [4.69, 9.17) is 0 Å². The molecule has 21 heavy (non-hydrogen) atoms. The zero-order valence-corrected chi connectivity index (χ0v) is 11.3. The summed E-state index contributed by atoms with van der Waals surface area (Å²) < 4.78 is 38.0. The summed E-state index contributed by atoms with van der Waals surface area (Å²) in [5, 5.41) is 1.33. The zero-order valence-electron chi connectivity index (χ0n) is 10.5. The van der Waals surface area contributed by atoms with Gasteiger partial charge in [0.25, 0.3) is 0 Å².